The highest BCUT2D eigenvalue weighted by Crippen LogP contribution is 2.35. The van der Waals surface area contributed by atoms with E-state index in [1.165, 1.54) is 34.6 Å². The standard InChI is InChI=1S/C23H19NO6S/c1-2-13-24(18-8-4-3-5-9-18)31(26,27)20-10-6-7-17(14-20)23(25)30-19-11-12-21-22(15-19)29-16-28-21/h2-12,14-15H,1,13,16H2. The summed E-state index contributed by atoms with van der Waals surface area (Å²) in [6.45, 7) is 3.84. The predicted molar refractivity (Wildman–Crippen MR) is 115 cm³/mol. The molecule has 8 heteroatoms. The Morgan fingerprint density at radius 2 is 1.77 bits per heavy atom. The molecule has 3 aromatic rings. The van der Waals surface area contributed by atoms with Gasteiger partial charge in [-0.3, -0.25) is 4.31 Å². The van der Waals surface area contributed by atoms with Gasteiger partial charge in [0.25, 0.3) is 10.0 Å². The van der Waals surface area contributed by atoms with Crippen LogP contribution in [0.3, 0.4) is 0 Å². The highest BCUT2D eigenvalue weighted by Gasteiger charge is 2.25. The van der Waals surface area contributed by atoms with Gasteiger partial charge < -0.3 is 14.2 Å². The summed E-state index contributed by atoms with van der Waals surface area (Å²) in [6, 6.07) is 19.2. The van der Waals surface area contributed by atoms with E-state index in [9.17, 15) is 13.2 Å². The molecule has 0 saturated carbocycles. The van der Waals surface area contributed by atoms with Gasteiger partial charge in [-0.1, -0.05) is 30.3 Å². The van der Waals surface area contributed by atoms with Crippen LogP contribution < -0.4 is 18.5 Å². The molecule has 0 unspecified atom stereocenters. The van der Waals surface area contributed by atoms with Crippen molar-refractivity contribution < 1.29 is 27.4 Å². The molecule has 0 aromatic heterocycles. The number of rotatable bonds is 7. The molecule has 0 saturated heterocycles. The zero-order chi connectivity index (χ0) is 21.8. The Morgan fingerprint density at radius 3 is 2.55 bits per heavy atom. The van der Waals surface area contributed by atoms with Crippen LogP contribution in [-0.4, -0.2) is 27.7 Å². The number of nitrogens with zero attached hydrogens (tertiary/aromatic N) is 1. The average molecular weight is 437 g/mol. The maximum absolute atomic E-state index is 13.3. The first-order chi connectivity index (χ1) is 15.0. The van der Waals surface area contributed by atoms with Gasteiger partial charge in [0.1, 0.15) is 5.75 Å². The molecule has 31 heavy (non-hydrogen) atoms. The molecule has 0 N–H and O–H groups in total. The van der Waals surface area contributed by atoms with Gasteiger partial charge in [0.05, 0.1) is 22.7 Å². The first-order valence-corrected chi connectivity index (χ1v) is 10.8. The zero-order valence-corrected chi connectivity index (χ0v) is 17.2. The van der Waals surface area contributed by atoms with E-state index < -0.39 is 16.0 Å². The van der Waals surface area contributed by atoms with Crippen LogP contribution in [0, 0.1) is 0 Å². The molecule has 4 rings (SSSR count). The molecule has 0 atom stereocenters. The number of benzene rings is 3. The van der Waals surface area contributed by atoms with Crippen molar-refractivity contribution in [1.82, 2.24) is 0 Å². The third kappa shape index (κ3) is 4.24. The van der Waals surface area contributed by atoms with Crippen LogP contribution in [0.1, 0.15) is 10.4 Å². The Balaban J connectivity index is 1.60. The minimum absolute atomic E-state index is 0.0293. The van der Waals surface area contributed by atoms with Crippen molar-refractivity contribution in [2.75, 3.05) is 17.6 Å². The summed E-state index contributed by atoms with van der Waals surface area (Å²) in [4.78, 5) is 12.6. The maximum Gasteiger partial charge on any atom is 0.343 e. The largest absolute Gasteiger partial charge is 0.454 e. The fourth-order valence-electron chi connectivity index (χ4n) is 3.07. The Labute approximate surface area is 180 Å². The molecule has 0 fully saturated rings. The van der Waals surface area contributed by atoms with E-state index in [1.807, 2.05) is 0 Å². The van der Waals surface area contributed by atoms with Crippen molar-refractivity contribution in [2.45, 2.75) is 4.90 Å². The summed E-state index contributed by atoms with van der Waals surface area (Å²) < 4.78 is 43.7. The second-order valence-electron chi connectivity index (χ2n) is 6.59. The summed E-state index contributed by atoms with van der Waals surface area (Å²) in [5.74, 6) is 0.617. The highest BCUT2D eigenvalue weighted by atomic mass is 32.2. The fraction of sp³-hybridized carbons (Fsp3) is 0.0870. The molecule has 158 valence electrons. The van der Waals surface area contributed by atoms with Crippen molar-refractivity contribution in [2.24, 2.45) is 0 Å². The SMILES string of the molecule is C=CCN(c1ccccc1)S(=O)(=O)c1cccc(C(=O)Oc2ccc3c(c2)OCO3)c1. The number of anilines is 1. The lowest BCUT2D eigenvalue weighted by molar-refractivity contribution is 0.0734. The van der Waals surface area contributed by atoms with Crippen LogP contribution in [-0.2, 0) is 10.0 Å². The van der Waals surface area contributed by atoms with Crippen molar-refractivity contribution in [3.05, 3.63) is 91.0 Å². The molecular formula is C23H19NO6S. The lowest BCUT2D eigenvalue weighted by atomic mass is 10.2. The molecule has 0 amide bonds. The fourth-order valence-corrected chi connectivity index (χ4v) is 4.55. The minimum Gasteiger partial charge on any atom is -0.454 e. The Kier molecular flexibility index (Phi) is 5.64. The summed E-state index contributed by atoms with van der Waals surface area (Å²) in [5.41, 5.74) is 0.598. The second-order valence-corrected chi connectivity index (χ2v) is 8.46. The number of sulfonamides is 1. The van der Waals surface area contributed by atoms with Gasteiger partial charge in [-0.05, 0) is 42.5 Å². The lowest BCUT2D eigenvalue weighted by Gasteiger charge is -2.23. The highest BCUT2D eigenvalue weighted by molar-refractivity contribution is 7.92. The molecule has 0 spiro atoms. The van der Waals surface area contributed by atoms with Gasteiger partial charge in [-0.25, -0.2) is 13.2 Å². The minimum atomic E-state index is -3.94. The van der Waals surface area contributed by atoms with E-state index in [4.69, 9.17) is 14.2 Å². The van der Waals surface area contributed by atoms with E-state index in [0.717, 1.165) is 0 Å². The summed E-state index contributed by atoms with van der Waals surface area (Å²) >= 11 is 0. The molecule has 0 aliphatic carbocycles. The van der Waals surface area contributed by atoms with Gasteiger partial charge in [0.15, 0.2) is 11.5 Å². The van der Waals surface area contributed by atoms with Gasteiger partial charge in [0, 0.05) is 6.07 Å². The number of esters is 1. The average Bonchev–Trinajstić information content (AvgIpc) is 3.26. The molecule has 7 nitrogen and oxygen atoms in total. The molecule has 1 aliphatic rings. The first-order valence-electron chi connectivity index (χ1n) is 9.39. The van der Waals surface area contributed by atoms with Crippen LogP contribution in [0.2, 0.25) is 0 Å². The van der Waals surface area contributed by atoms with Gasteiger partial charge >= 0.3 is 5.97 Å². The van der Waals surface area contributed by atoms with Crippen molar-refractivity contribution >= 4 is 21.7 Å². The van der Waals surface area contributed by atoms with E-state index in [0.29, 0.717) is 17.2 Å². The van der Waals surface area contributed by atoms with Crippen LogP contribution in [0.4, 0.5) is 5.69 Å². The van der Waals surface area contributed by atoms with Crippen LogP contribution in [0.15, 0.2) is 90.3 Å². The van der Waals surface area contributed by atoms with Gasteiger partial charge in [-0.2, -0.15) is 0 Å². The molecule has 1 heterocycles. The van der Waals surface area contributed by atoms with Gasteiger partial charge in [-0.15, -0.1) is 6.58 Å². The van der Waals surface area contributed by atoms with Crippen molar-refractivity contribution in [3.8, 4) is 17.2 Å². The third-order valence-electron chi connectivity index (χ3n) is 4.55. The summed E-state index contributed by atoms with van der Waals surface area (Å²) in [6.07, 6.45) is 1.50. The van der Waals surface area contributed by atoms with Crippen LogP contribution >= 0.6 is 0 Å². The summed E-state index contributed by atoms with van der Waals surface area (Å²) in [7, 11) is -3.94. The lowest BCUT2D eigenvalue weighted by Crippen LogP contribution is -2.31. The number of carbonyl (C=O) groups is 1. The second kappa shape index (κ2) is 8.53. The molecule has 1 aliphatic heterocycles. The van der Waals surface area contributed by atoms with Crippen LogP contribution in [0.5, 0.6) is 17.2 Å². The van der Waals surface area contributed by atoms with Crippen LogP contribution in [0.25, 0.3) is 0 Å². The number of carbonyl (C=O) groups excluding carboxylic acids is 1. The number of hydrogen-bond donors (Lipinski definition) is 0. The van der Waals surface area contributed by atoms with E-state index in [-0.39, 0.29) is 29.5 Å². The molecular weight excluding hydrogens is 418 g/mol. The Morgan fingerprint density at radius 1 is 1.00 bits per heavy atom. The van der Waals surface area contributed by atoms with Gasteiger partial charge in [0.2, 0.25) is 6.79 Å². The Bertz CT molecular complexity index is 1220. The monoisotopic (exact) mass is 437 g/mol. The normalized spacial score (nSPS) is 12.3. The topological polar surface area (TPSA) is 82.1 Å². The quantitative estimate of drug-likeness (QED) is 0.316. The number of para-hydroxylation sites is 1. The maximum atomic E-state index is 13.3. The number of fused-ring (bicyclic) bond motifs is 1. The van der Waals surface area contributed by atoms with E-state index >= 15 is 0 Å². The zero-order valence-electron chi connectivity index (χ0n) is 16.4. The number of hydrogen-bond acceptors (Lipinski definition) is 6. The third-order valence-corrected chi connectivity index (χ3v) is 6.34. The van der Waals surface area contributed by atoms with E-state index in [2.05, 4.69) is 6.58 Å². The predicted octanol–water partition coefficient (Wildman–Crippen LogP) is 4.02. The smallest absolute Gasteiger partial charge is 0.343 e. The first kappa shape index (κ1) is 20.5. The number of ether oxygens (including phenoxy) is 3. The summed E-state index contributed by atoms with van der Waals surface area (Å²) in [5, 5.41) is 0. The molecule has 0 bridgehead atoms. The Hall–Kier alpha value is -3.78. The molecule has 0 radical (unpaired) electrons. The molecule has 3 aromatic carbocycles. The van der Waals surface area contributed by atoms with E-state index in [1.54, 1.807) is 48.5 Å². The van der Waals surface area contributed by atoms with Crippen molar-refractivity contribution in [3.63, 3.8) is 0 Å². The van der Waals surface area contributed by atoms with Crippen molar-refractivity contribution in [1.29, 1.82) is 0 Å².